The number of carbonyl (C=O) groups is 1. The highest BCUT2D eigenvalue weighted by Crippen LogP contribution is 2.20. The minimum atomic E-state index is -0.322. The first-order chi connectivity index (χ1) is 11.2. The fourth-order valence-electron chi connectivity index (χ4n) is 2.00. The fraction of sp³-hybridized carbons (Fsp3) is 0.0588. The van der Waals surface area contributed by atoms with Gasteiger partial charge in [-0.25, -0.2) is 5.43 Å². The number of nitrogens with zero attached hydrogens (tertiary/aromatic N) is 1. The smallest absolute Gasteiger partial charge is 0.277 e. The molecule has 3 rings (SSSR count). The zero-order valence-electron chi connectivity index (χ0n) is 12.0. The molecule has 116 valence electrons. The standard InChI is InChI=1S/C17H13ClN2O2S/c18-16-8-7-15(23-16)10-19-20-17(21)11-22-14-6-5-12-3-1-2-4-13(12)9-14/h1-10H,11H2,(H,20,21)/b19-10+. The lowest BCUT2D eigenvalue weighted by Crippen LogP contribution is -2.24. The van der Waals surface area contributed by atoms with Crippen molar-refractivity contribution in [2.75, 3.05) is 6.61 Å². The summed E-state index contributed by atoms with van der Waals surface area (Å²) in [6, 6.07) is 17.3. The molecule has 6 heteroatoms. The van der Waals surface area contributed by atoms with Crippen molar-refractivity contribution in [1.29, 1.82) is 0 Å². The van der Waals surface area contributed by atoms with E-state index in [1.165, 1.54) is 11.3 Å². The summed E-state index contributed by atoms with van der Waals surface area (Å²) in [5.41, 5.74) is 2.42. The number of thiophene rings is 1. The number of carbonyl (C=O) groups excluding carboxylic acids is 1. The van der Waals surface area contributed by atoms with E-state index in [2.05, 4.69) is 10.5 Å². The molecule has 23 heavy (non-hydrogen) atoms. The first-order valence-corrected chi connectivity index (χ1v) is 8.09. The molecule has 0 aliphatic rings. The van der Waals surface area contributed by atoms with Crippen molar-refractivity contribution in [1.82, 2.24) is 5.43 Å². The molecule has 2 aromatic carbocycles. The van der Waals surface area contributed by atoms with E-state index in [1.54, 1.807) is 12.3 Å². The molecule has 0 spiro atoms. The van der Waals surface area contributed by atoms with Crippen molar-refractivity contribution < 1.29 is 9.53 Å². The molecule has 0 bridgehead atoms. The summed E-state index contributed by atoms with van der Waals surface area (Å²) >= 11 is 7.19. The van der Waals surface area contributed by atoms with Crippen LogP contribution < -0.4 is 10.2 Å². The summed E-state index contributed by atoms with van der Waals surface area (Å²) in [5.74, 6) is 0.324. The average molecular weight is 345 g/mol. The van der Waals surface area contributed by atoms with E-state index in [4.69, 9.17) is 16.3 Å². The predicted molar refractivity (Wildman–Crippen MR) is 94.5 cm³/mol. The van der Waals surface area contributed by atoms with Crippen LogP contribution in [0.3, 0.4) is 0 Å². The minimum absolute atomic E-state index is 0.0964. The number of hydrazone groups is 1. The molecular formula is C17H13ClN2O2S. The van der Waals surface area contributed by atoms with E-state index in [0.29, 0.717) is 10.1 Å². The van der Waals surface area contributed by atoms with Crippen LogP contribution in [0.1, 0.15) is 4.88 Å². The lowest BCUT2D eigenvalue weighted by Gasteiger charge is -2.06. The Hall–Kier alpha value is -2.37. The van der Waals surface area contributed by atoms with Crippen molar-refractivity contribution in [2.45, 2.75) is 0 Å². The van der Waals surface area contributed by atoms with Crippen LogP contribution in [0.15, 0.2) is 59.7 Å². The number of halogens is 1. The highest BCUT2D eigenvalue weighted by Gasteiger charge is 2.02. The molecule has 0 unspecified atom stereocenters. The van der Waals surface area contributed by atoms with Crippen molar-refractivity contribution in [3.63, 3.8) is 0 Å². The van der Waals surface area contributed by atoms with Gasteiger partial charge in [0.15, 0.2) is 6.61 Å². The number of nitrogens with one attached hydrogen (secondary N) is 1. The maximum absolute atomic E-state index is 11.7. The van der Waals surface area contributed by atoms with Gasteiger partial charge in [0.25, 0.3) is 5.91 Å². The summed E-state index contributed by atoms with van der Waals surface area (Å²) in [7, 11) is 0. The molecule has 4 nitrogen and oxygen atoms in total. The van der Waals surface area contributed by atoms with Crippen LogP contribution in [0.2, 0.25) is 4.34 Å². The third-order valence-electron chi connectivity index (χ3n) is 3.07. The Bertz CT molecular complexity index is 860. The zero-order valence-corrected chi connectivity index (χ0v) is 13.6. The molecule has 0 atom stereocenters. The molecule has 0 aliphatic carbocycles. The summed E-state index contributed by atoms with van der Waals surface area (Å²) < 4.78 is 6.16. The van der Waals surface area contributed by atoms with Crippen LogP contribution >= 0.6 is 22.9 Å². The molecule has 0 fully saturated rings. The van der Waals surface area contributed by atoms with E-state index >= 15 is 0 Å². The average Bonchev–Trinajstić information content (AvgIpc) is 2.98. The molecule has 0 aliphatic heterocycles. The van der Waals surface area contributed by atoms with Gasteiger partial charge in [0.05, 0.1) is 10.6 Å². The zero-order chi connectivity index (χ0) is 16.1. The number of ether oxygens (including phenoxy) is 1. The molecule has 1 N–H and O–H groups in total. The Morgan fingerprint density at radius 3 is 2.78 bits per heavy atom. The van der Waals surface area contributed by atoms with Gasteiger partial charge in [-0.3, -0.25) is 4.79 Å². The van der Waals surface area contributed by atoms with Crippen LogP contribution in [0, 0.1) is 0 Å². The number of hydrogen-bond donors (Lipinski definition) is 1. The number of fused-ring (bicyclic) bond motifs is 1. The summed E-state index contributed by atoms with van der Waals surface area (Å²) in [5, 5.41) is 6.06. The van der Waals surface area contributed by atoms with Gasteiger partial charge in [0.2, 0.25) is 0 Å². The Morgan fingerprint density at radius 2 is 2.00 bits per heavy atom. The van der Waals surface area contributed by atoms with Crippen molar-refractivity contribution >= 4 is 45.8 Å². The number of benzene rings is 2. The monoisotopic (exact) mass is 344 g/mol. The van der Waals surface area contributed by atoms with Gasteiger partial charge in [-0.1, -0.05) is 41.9 Å². The molecule has 1 aromatic heterocycles. The lowest BCUT2D eigenvalue weighted by atomic mass is 10.1. The van der Waals surface area contributed by atoms with Crippen LogP contribution in [0.5, 0.6) is 5.75 Å². The highest BCUT2D eigenvalue weighted by molar-refractivity contribution is 7.17. The van der Waals surface area contributed by atoms with Crippen LogP contribution in [0.4, 0.5) is 0 Å². The second-order valence-electron chi connectivity index (χ2n) is 4.73. The fourth-order valence-corrected chi connectivity index (χ4v) is 2.94. The Labute approximate surface area is 142 Å². The Balaban J connectivity index is 1.52. The third kappa shape index (κ3) is 4.31. The van der Waals surface area contributed by atoms with Crippen molar-refractivity contribution in [3.8, 4) is 5.75 Å². The Morgan fingerprint density at radius 1 is 1.17 bits per heavy atom. The number of amides is 1. The number of rotatable bonds is 5. The van der Waals surface area contributed by atoms with E-state index in [9.17, 15) is 4.79 Å². The van der Waals surface area contributed by atoms with Gasteiger partial charge in [0.1, 0.15) is 5.75 Å². The normalized spacial score (nSPS) is 11.0. The molecule has 0 saturated heterocycles. The van der Waals surface area contributed by atoms with Crippen molar-refractivity contribution in [3.05, 3.63) is 63.8 Å². The minimum Gasteiger partial charge on any atom is -0.484 e. The summed E-state index contributed by atoms with van der Waals surface area (Å²) in [6.45, 7) is -0.0964. The summed E-state index contributed by atoms with van der Waals surface area (Å²) in [4.78, 5) is 12.6. The third-order valence-corrected chi connectivity index (χ3v) is 4.23. The van der Waals surface area contributed by atoms with E-state index in [-0.39, 0.29) is 12.5 Å². The molecule has 1 heterocycles. The van der Waals surface area contributed by atoms with Gasteiger partial charge in [-0.2, -0.15) is 5.10 Å². The van der Waals surface area contributed by atoms with Gasteiger partial charge in [-0.15, -0.1) is 11.3 Å². The SMILES string of the molecule is O=C(COc1ccc2ccccc2c1)N/N=C/c1ccc(Cl)s1. The highest BCUT2D eigenvalue weighted by atomic mass is 35.5. The second kappa shape index (κ2) is 7.26. The molecule has 0 radical (unpaired) electrons. The van der Waals surface area contributed by atoms with E-state index in [0.717, 1.165) is 15.6 Å². The molecule has 3 aromatic rings. The quantitative estimate of drug-likeness (QED) is 0.560. The number of hydrogen-bond acceptors (Lipinski definition) is 4. The molecular weight excluding hydrogens is 332 g/mol. The van der Waals surface area contributed by atoms with Crippen LogP contribution in [-0.2, 0) is 4.79 Å². The molecule has 1 amide bonds. The predicted octanol–water partition coefficient (Wildman–Crippen LogP) is 4.08. The van der Waals surface area contributed by atoms with E-state index in [1.807, 2.05) is 48.5 Å². The molecule has 0 saturated carbocycles. The first-order valence-electron chi connectivity index (χ1n) is 6.89. The van der Waals surface area contributed by atoms with Gasteiger partial charge in [0, 0.05) is 4.88 Å². The van der Waals surface area contributed by atoms with Crippen molar-refractivity contribution in [2.24, 2.45) is 5.10 Å². The van der Waals surface area contributed by atoms with Crippen LogP contribution in [0.25, 0.3) is 10.8 Å². The Kier molecular flexibility index (Phi) is 4.90. The largest absolute Gasteiger partial charge is 0.484 e. The summed E-state index contributed by atoms with van der Waals surface area (Å²) in [6.07, 6.45) is 1.55. The maximum atomic E-state index is 11.7. The maximum Gasteiger partial charge on any atom is 0.277 e. The van der Waals surface area contributed by atoms with Crippen LogP contribution in [-0.4, -0.2) is 18.7 Å². The van der Waals surface area contributed by atoms with Gasteiger partial charge < -0.3 is 4.74 Å². The van der Waals surface area contributed by atoms with Gasteiger partial charge in [-0.05, 0) is 35.0 Å². The lowest BCUT2D eigenvalue weighted by molar-refractivity contribution is -0.123. The first kappa shape index (κ1) is 15.5. The van der Waals surface area contributed by atoms with Gasteiger partial charge >= 0.3 is 0 Å². The van der Waals surface area contributed by atoms with E-state index < -0.39 is 0 Å². The second-order valence-corrected chi connectivity index (χ2v) is 6.48. The topological polar surface area (TPSA) is 50.7 Å².